The highest BCUT2D eigenvalue weighted by Crippen LogP contribution is 2.30. The molecule has 0 aliphatic carbocycles. The fraction of sp³-hybridized carbons (Fsp3) is 0.333. The Labute approximate surface area is 199 Å². The predicted molar refractivity (Wildman–Crippen MR) is 127 cm³/mol. The van der Waals surface area contributed by atoms with E-state index in [0.29, 0.717) is 19.8 Å². The molecule has 5 nitrogen and oxygen atoms in total. The maximum atomic E-state index is 10.8. The Morgan fingerprint density at radius 1 is 0.667 bits per heavy atom. The molecule has 1 fully saturated rings. The van der Waals surface area contributed by atoms with Gasteiger partial charge in [-0.2, -0.15) is 0 Å². The first-order valence-electron chi connectivity index (χ1n) is 11.1. The van der Waals surface area contributed by atoms with Crippen LogP contribution in [0, 0.1) is 0 Å². The molecule has 1 aliphatic rings. The monoisotopic (exact) mass is 468 g/mol. The average molecular weight is 469 g/mol. The Bertz CT molecular complexity index is 941. The largest absolute Gasteiger partial charge is 0.374 e. The van der Waals surface area contributed by atoms with E-state index in [2.05, 4.69) is 0 Å². The van der Waals surface area contributed by atoms with Crippen molar-refractivity contribution in [1.29, 1.82) is 0 Å². The van der Waals surface area contributed by atoms with Gasteiger partial charge in [-0.15, -0.1) is 11.6 Å². The molecular weight excluding hydrogens is 440 g/mol. The lowest BCUT2D eigenvalue weighted by atomic mass is 10.0. The standard InChI is InChI=1S/C27H29ClO5/c28-24-23(19-30-16-20-10-4-1-5-11-20)33-27(29)26(32-18-22-14-8-3-9-15-22)25(24)31-17-21-12-6-2-7-13-21/h1-15,23-27,29H,16-19H2/t23-,24+,25+,26-,27?/m1/s1. The Balaban J connectivity index is 1.41. The highest BCUT2D eigenvalue weighted by atomic mass is 35.5. The zero-order valence-electron chi connectivity index (χ0n) is 18.3. The van der Waals surface area contributed by atoms with E-state index in [4.69, 9.17) is 30.5 Å². The van der Waals surface area contributed by atoms with Gasteiger partial charge in [-0.05, 0) is 16.7 Å². The van der Waals surface area contributed by atoms with Gasteiger partial charge in [-0.3, -0.25) is 0 Å². The van der Waals surface area contributed by atoms with Gasteiger partial charge in [0.25, 0.3) is 0 Å². The molecule has 0 amide bonds. The number of aliphatic hydroxyl groups is 1. The number of halogens is 1. The van der Waals surface area contributed by atoms with E-state index in [0.717, 1.165) is 16.7 Å². The molecule has 0 aromatic heterocycles. The van der Waals surface area contributed by atoms with Gasteiger partial charge >= 0.3 is 0 Å². The molecule has 1 heterocycles. The van der Waals surface area contributed by atoms with Gasteiger partial charge < -0.3 is 24.1 Å². The highest BCUT2D eigenvalue weighted by molar-refractivity contribution is 6.21. The number of rotatable bonds is 10. The molecule has 1 saturated heterocycles. The lowest BCUT2D eigenvalue weighted by molar-refractivity contribution is -0.275. The van der Waals surface area contributed by atoms with Crippen LogP contribution in [-0.4, -0.2) is 41.7 Å². The first-order chi connectivity index (χ1) is 16.2. The smallest absolute Gasteiger partial charge is 0.184 e. The summed E-state index contributed by atoms with van der Waals surface area (Å²) in [5.74, 6) is 0. The maximum absolute atomic E-state index is 10.8. The van der Waals surface area contributed by atoms with E-state index in [1.54, 1.807) is 0 Å². The summed E-state index contributed by atoms with van der Waals surface area (Å²) in [6.07, 6.45) is -3.04. The fourth-order valence-corrected chi connectivity index (χ4v) is 4.13. The number of alkyl halides is 1. The van der Waals surface area contributed by atoms with Crippen molar-refractivity contribution >= 4 is 11.6 Å². The normalized spacial score (nSPS) is 25.1. The molecule has 0 radical (unpaired) electrons. The van der Waals surface area contributed by atoms with Gasteiger partial charge in [0.05, 0.1) is 31.8 Å². The molecule has 0 saturated carbocycles. The molecule has 3 aromatic carbocycles. The summed E-state index contributed by atoms with van der Waals surface area (Å²) in [6, 6.07) is 29.5. The van der Waals surface area contributed by atoms with Crippen molar-refractivity contribution in [2.24, 2.45) is 0 Å². The molecule has 1 aliphatic heterocycles. The van der Waals surface area contributed by atoms with Gasteiger partial charge in [0, 0.05) is 0 Å². The minimum atomic E-state index is -1.19. The third kappa shape index (κ3) is 6.87. The second kappa shape index (κ2) is 12.3. The molecule has 174 valence electrons. The van der Waals surface area contributed by atoms with E-state index in [1.165, 1.54) is 0 Å². The summed E-state index contributed by atoms with van der Waals surface area (Å²) in [4.78, 5) is 0. The van der Waals surface area contributed by atoms with E-state index in [9.17, 15) is 5.11 Å². The molecule has 0 bridgehead atoms. The Hall–Kier alpha value is -2.25. The summed E-state index contributed by atoms with van der Waals surface area (Å²) < 4.78 is 23.9. The number of ether oxygens (including phenoxy) is 4. The SMILES string of the molecule is OC1O[C@H](COCc2ccccc2)[C@H](Cl)[C@H](OCc2ccccc2)[C@H]1OCc1ccccc1. The van der Waals surface area contributed by atoms with Gasteiger partial charge in [-0.1, -0.05) is 91.0 Å². The summed E-state index contributed by atoms with van der Waals surface area (Å²) >= 11 is 6.82. The Morgan fingerprint density at radius 3 is 1.64 bits per heavy atom. The maximum Gasteiger partial charge on any atom is 0.184 e. The van der Waals surface area contributed by atoms with Crippen molar-refractivity contribution in [3.05, 3.63) is 108 Å². The quantitative estimate of drug-likeness (QED) is 0.437. The van der Waals surface area contributed by atoms with Crippen molar-refractivity contribution in [1.82, 2.24) is 0 Å². The van der Waals surface area contributed by atoms with E-state index in [-0.39, 0.29) is 6.61 Å². The zero-order valence-corrected chi connectivity index (χ0v) is 19.1. The van der Waals surface area contributed by atoms with Crippen LogP contribution in [0.1, 0.15) is 16.7 Å². The lowest BCUT2D eigenvalue weighted by Crippen LogP contribution is -2.58. The van der Waals surface area contributed by atoms with Crippen LogP contribution in [0.5, 0.6) is 0 Å². The van der Waals surface area contributed by atoms with E-state index >= 15 is 0 Å². The molecular formula is C27H29ClO5. The molecule has 1 N–H and O–H groups in total. The highest BCUT2D eigenvalue weighted by Gasteiger charge is 2.46. The fourth-order valence-electron chi connectivity index (χ4n) is 3.78. The first-order valence-corrected chi connectivity index (χ1v) is 11.5. The lowest BCUT2D eigenvalue weighted by Gasteiger charge is -2.42. The van der Waals surface area contributed by atoms with Crippen LogP contribution >= 0.6 is 11.6 Å². The predicted octanol–water partition coefficient (Wildman–Crippen LogP) is 4.70. The first kappa shape index (κ1) is 23.9. The second-order valence-corrected chi connectivity index (χ2v) is 8.54. The average Bonchev–Trinajstić information content (AvgIpc) is 2.86. The van der Waals surface area contributed by atoms with Gasteiger partial charge in [0.1, 0.15) is 18.3 Å². The van der Waals surface area contributed by atoms with Gasteiger partial charge in [-0.25, -0.2) is 0 Å². The van der Waals surface area contributed by atoms with E-state index < -0.39 is 30.0 Å². The molecule has 0 spiro atoms. The summed E-state index contributed by atoms with van der Waals surface area (Å²) in [5.41, 5.74) is 3.06. The summed E-state index contributed by atoms with van der Waals surface area (Å²) in [7, 11) is 0. The zero-order chi connectivity index (χ0) is 22.9. The van der Waals surface area contributed by atoms with Crippen molar-refractivity contribution in [3.63, 3.8) is 0 Å². The van der Waals surface area contributed by atoms with Gasteiger partial charge in [0.15, 0.2) is 6.29 Å². The van der Waals surface area contributed by atoms with Crippen molar-refractivity contribution in [3.8, 4) is 0 Å². The van der Waals surface area contributed by atoms with Crippen LogP contribution in [-0.2, 0) is 38.8 Å². The van der Waals surface area contributed by atoms with Crippen LogP contribution in [0.15, 0.2) is 91.0 Å². The van der Waals surface area contributed by atoms with Crippen LogP contribution in [0.25, 0.3) is 0 Å². The van der Waals surface area contributed by atoms with Crippen molar-refractivity contribution in [2.75, 3.05) is 6.61 Å². The molecule has 33 heavy (non-hydrogen) atoms. The summed E-state index contributed by atoms with van der Waals surface area (Å²) in [5, 5.41) is 10.2. The molecule has 5 atom stereocenters. The minimum Gasteiger partial charge on any atom is -0.374 e. The van der Waals surface area contributed by atoms with Crippen molar-refractivity contribution < 1.29 is 24.1 Å². The number of benzene rings is 3. The molecule has 1 unspecified atom stereocenters. The van der Waals surface area contributed by atoms with Crippen LogP contribution in [0.4, 0.5) is 0 Å². The number of aliphatic hydroxyl groups excluding tert-OH is 1. The van der Waals surface area contributed by atoms with Crippen LogP contribution < -0.4 is 0 Å². The molecule has 6 heteroatoms. The molecule has 3 aromatic rings. The third-order valence-electron chi connectivity index (χ3n) is 5.55. The summed E-state index contributed by atoms with van der Waals surface area (Å²) in [6.45, 7) is 1.33. The van der Waals surface area contributed by atoms with E-state index in [1.807, 2.05) is 91.0 Å². The molecule has 4 rings (SSSR count). The number of hydrogen-bond acceptors (Lipinski definition) is 5. The minimum absolute atomic E-state index is 0.233. The van der Waals surface area contributed by atoms with Crippen LogP contribution in [0.2, 0.25) is 0 Å². The third-order valence-corrected chi connectivity index (χ3v) is 6.08. The topological polar surface area (TPSA) is 57.2 Å². The number of hydrogen-bond donors (Lipinski definition) is 1. The van der Waals surface area contributed by atoms with Crippen LogP contribution in [0.3, 0.4) is 0 Å². The van der Waals surface area contributed by atoms with Gasteiger partial charge in [0.2, 0.25) is 0 Å². The Kier molecular flexibility index (Phi) is 8.89. The van der Waals surface area contributed by atoms with Crippen molar-refractivity contribution in [2.45, 2.75) is 49.8 Å². The Morgan fingerprint density at radius 2 is 1.12 bits per heavy atom. The second-order valence-electron chi connectivity index (χ2n) is 8.03.